The third-order valence-electron chi connectivity index (χ3n) is 3.81. The minimum atomic E-state index is -0.251. The van der Waals surface area contributed by atoms with Crippen molar-refractivity contribution in [1.29, 1.82) is 0 Å². The maximum absolute atomic E-state index is 12.1. The van der Waals surface area contributed by atoms with E-state index >= 15 is 0 Å². The van der Waals surface area contributed by atoms with Crippen molar-refractivity contribution in [1.82, 2.24) is 9.78 Å². The Balaban J connectivity index is 1.76. The third kappa shape index (κ3) is 3.15. The zero-order valence-corrected chi connectivity index (χ0v) is 13.0. The van der Waals surface area contributed by atoms with Crippen molar-refractivity contribution in [2.75, 3.05) is 10.6 Å². The summed E-state index contributed by atoms with van der Waals surface area (Å²) in [5.41, 5.74) is 1.81. The summed E-state index contributed by atoms with van der Waals surface area (Å²) in [6, 6.07) is 9.59. The number of aryl methyl sites for hydroxylation is 1. The predicted octanol–water partition coefficient (Wildman–Crippen LogP) is 2.20. The molecular weight excluding hydrogens is 292 g/mol. The highest BCUT2D eigenvalue weighted by molar-refractivity contribution is 6.03. The van der Waals surface area contributed by atoms with Crippen LogP contribution in [-0.2, 0) is 23.1 Å². The van der Waals surface area contributed by atoms with Crippen molar-refractivity contribution in [2.24, 2.45) is 13.0 Å². The highest BCUT2D eigenvalue weighted by Crippen LogP contribution is 2.30. The molecule has 3 rings (SSSR count). The largest absolute Gasteiger partial charge is 0.310 e. The van der Waals surface area contributed by atoms with E-state index in [1.54, 1.807) is 17.8 Å². The van der Waals surface area contributed by atoms with E-state index in [0.29, 0.717) is 18.1 Å². The first-order valence-corrected chi connectivity index (χ1v) is 7.45. The SMILES string of the molecule is C[C@@H]1Cc2c(NC(=O)/C=C\c3ccccc3)nn(C)c2NC1=O. The van der Waals surface area contributed by atoms with Gasteiger partial charge in [-0.2, -0.15) is 5.10 Å². The number of nitrogens with one attached hydrogen (secondary N) is 2. The molecule has 0 bridgehead atoms. The van der Waals surface area contributed by atoms with E-state index in [4.69, 9.17) is 0 Å². The van der Waals surface area contributed by atoms with E-state index in [1.807, 2.05) is 37.3 Å². The minimum absolute atomic E-state index is 0.0256. The molecule has 2 heterocycles. The summed E-state index contributed by atoms with van der Waals surface area (Å²) in [5, 5.41) is 9.90. The van der Waals surface area contributed by atoms with Crippen molar-refractivity contribution in [3.8, 4) is 0 Å². The summed E-state index contributed by atoms with van der Waals surface area (Å²) in [6.07, 6.45) is 3.78. The highest BCUT2D eigenvalue weighted by Gasteiger charge is 2.28. The summed E-state index contributed by atoms with van der Waals surface area (Å²) in [4.78, 5) is 23.8. The fourth-order valence-electron chi connectivity index (χ4n) is 2.55. The number of carbonyl (C=O) groups excluding carboxylic acids is 2. The first-order chi connectivity index (χ1) is 11.0. The van der Waals surface area contributed by atoms with Crippen LogP contribution in [0.1, 0.15) is 18.1 Å². The van der Waals surface area contributed by atoms with Gasteiger partial charge in [0.15, 0.2) is 5.82 Å². The van der Waals surface area contributed by atoms with Gasteiger partial charge in [-0.15, -0.1) is 0 Å². The summed E-state index contributed by atoms with van der Waals surface area (Å²) in [7, 11) is 1.74. The van der Waals surface area contributed by atoms with Crippen LogP contribution < -0.4 is 10.6 Å². The van der Waals surface area contributed by atoms with E-state index in [1.165, 1.54) is 6.08 Å². The molecule has 6 nitrogen and oxygen atoms in total. The number of nitrogens with zero attached hydrogens (tertiary/aromatic N) is 2. The smallest absolute Gasteiger partial charge is 0.249 e. The molecule has 1 aliphatic rings. The van der Waals surface area contributed by atoms with Crippen LogP contribution in [0, 0.1) is 5.92 Å². The average Bonchev–Trinajstić information content (AvgIpc) is 2.82. The third-order valence-corrected chi connectivity index (χ3v) is 3.81. The van der Waals surface area contributed by atoms with Gasteiger partial charge in [-0.05, 0) is 18.1 Å². The van der Waals surface area contributed by atoms with Gasteiger partial charge in [0.25, 0.3) is 0 Å². The maximum atomic E-state index is 12.1. The van der Waals surface area contributed by atoms with Crippen LogP contribution in [0.15, 0.2) is 36.4 Å². The molecule has 0 fully saturated rings. The Kier molecular flexibility index (Phi) is 3.97. The fraction of sp³-hybridized carbons (Fsp3) is 0.235. The topological polar surface area (TPSA) is 76.0 Å². The summed E-state index contributed by atoms with van der Waals surface area (Å²) in [6.45, 7) is 1.85. The van der Waals surface area contributed by atoms with Crippen molar-refractivity contribution < 1.29 is 9.59 Å². The zero-order chi connectivity index (χ0) is 16.4. The second-order valence-electron chi connectivity index (χ2n) is 5.63. The fourth-order valence-corrected chi connectivity index (χ4v) is 2.55. The number of hydrogen-bond donors (Lipinski definition) is 2. The van der Waals surface area contributed by atoms with Crippen LogP contribution in [0.4, 0.5) is 11.6 Å². The van der Waals surface area contributed by atoms with Crippen LogP contribution in [0.2, 0.25) is 0 Å². The van der Waals surface area contributed by atoms with Gasteiger partial charge in [-0.25, -0.2) is 0 Å². The van der Waals surface area contributed by atoms with Gasteiger partial charge in [0, 0.05) is 24.6 Å². The molecule has 1 aromatic carbocycles. The quantitative estimate of drug-likeness (QED) is 0.853. The molecule has 0 aliphatic carbocycles. The average molecular weight is 310 g/mol. The van der Waals surface area contributed by atoms with E-state index in [-0.39, 0.29) is 17.7 Å². The first kappa shape index (κ1) is 15.0. The Morgan fingerprint density at radius 3 is 2.87 bits per heavy atom. The second kappa shape index (κ2) is 6.08. The number of benzene rings is 1. The van der Waals surface area contributed by atoms with Gasteiger partial charge in [0.1, 0.15) is 5.82 Å². The summed E-state index contributed by atoms with van der Waals surface area (Å²) >= 11 is 0. The monoisotopic (exact) mass is 310 g/mol. The zero-order valence-electron chi connectivity index (χ0n) is 13.0. The molecule has 0 unspecified atom stereocenters. The Bertz CT molecular complexity index is 777. The lowest BCUT2D eigenvalue weighted by Crippen LogP contribution is -2.28. The first-order valence-electron chi connectivity index (χ1n) is 7.45. The van der Waals surface area contributed by atoms with E-state index in [2.05, 4.69) is 15.7 Å². The molecule has 1 atom stereocenters. The Labute approximate surface area is 134 Å². The predicted molar refractivity (Wildman–Crippen MR) is 88.8 cm³/mol. The molecule has 0 spiro atoms. The van der Waals surface area contributed by atoms with Crippen LogP contribution >= 0.6 is 0 Å². The molecule has 0 saturated carbocycles. The summed E-state index contributed by atoms with van der Waals surface area (Å²) in [5.74, 6) is 0.733. The molecule has 118 valence electrons. The van der Waals surface area contributed by atoms with E-state index in [0.717, 1.165) is 11.1 Å². The Hall–Kier alpha value is -2.89. The minimum Gasteiger partial charge on any atom is -0.310 e. The normalized spacial score (nSPS) is 17.0. The Morgan fingerprint density at radius 2 is 2.13 bits per heavy atom. The Morgan fingerprint density at radius 1 is 1.39 bits per heavy atom. The number of rotatable bonds is 3. The number of fused-ring (bicyclic) bond motifs is 1. The van der Waals surface area contributed by atoms with E-state index < -0.39 is 0 Å². The molecule has 0 saturated heterocycles. The number of hydrogen-bond acceptors (Lipinski definition) is 3. The molecule has 2 aromatic rings. The van der Waals surface area contributed by atoms with Crippen LogP contribution in [0.3, 0.4) is 0 Å². The second-order valence-corrected chi connectivity index (χ2v) is 5.63. The summed E-state index contributed by atoms with van der Waals surface area (Å²) < 4.78 is 1.58. The van der Waals surface area contributed by atoms with Gasteiger partial charge in [0.2, 0.25) is 11.8 Å². The molecule has 1 aliphatic heterocycles. The standard InChI is InChI=1S/C17H18N4O2/c1-11-10-13-15(20-21(2)16(13)19-17(11)23)18-14(22)9-8-12-6-4-3-5-7-12/h3-9,11H,10H2,1-2H3,(H,19,23)(H,18,20,22)/b9-8-/t11-/m1/s1. The molecule has 2 amide bonds. The van der Waals surface area contributed by atoms with Gasteiger partial charge in [-0.3, -0.25) is 14.3 Å². The molecule has 0 radical (unpaired) electrons. The van der Waals surface area contributed by atoms with Crippen LogP contribution in [0.25, 0.3) is 6.08 Å². The molecule has 23 heavy (non-hydrogen) atoms. The van der Waals surface area contributed by atoms with Crippen LogP contribution in [0.5, 0.6) is 0 Å². The van der Waals surface area contributed by atoms with Gasteiger partial charge >= 0.3 is 0 Å². The van der Waals surface area contributed by atoms with Gasteiger partial charge < -0.3 is 10.6 Å². The van der Waals surface area contributed by atoms with E-state index in [9.17, 15) is 9.59 Å². The number of aromatic nitrogens is 2. The lowest BCUT2D eigenvalue weighted by Gasteiger charge is -2.19. The van der Waals surface area contributed by atoms with Gasteiger partial charge in [0.05, 0.1) is 0 Å². The van der Waals surface area contributed by atoms with Crippen molar-refractivity contribution in [3.63, 3.8) is 0 Å². The van der Waals surface area contributed by atoms with Crippen LogP contribution in [-0.4, -0.2) is 21.6 Å². The molecule has 6 heteroatoms. The number of anilines is 2. The lowest BCUT2D eigenvalue weighted by atomic mass is 9.98. The maximum Gasteiger partial charge on any atom is 0.249 e. The van der Waals surface area contributed by atoms with Crippen molar-refractivity contribution in [3.05, 3.63) is 47.5 Å². The lowest BCUT2D eigenvalue weighted by molar-refractivity contribution is -0.119. The highest BCUT2D eigenvalue weighted by atomic mass is 16.2. The molecular formula is C17H18N4O2. The molecule has 1 aromatic heterocycles. The number of amides is 2. The molecule has 2 N–H and O–H groups in total. The van der Waals surface area contributed by atoms with Crippen molar-refractivity contribution >= 4 is 29.5 Å². The number of carbonyl (C=O) groups is 2. The van der Waals surface area contributed by atoms with Gasteiger partial charge in [-0.1, -0.05) is 37.3 Å². The van der Waals surface area contributed by atoms with Crippen molar-refractivity contribution in [2.45, 2.75) is 13.3 Å².